The van der Waals surface area contributed by atoms with Gasteiger partial charge in [-0.25, -0.2) is 0 Å². The zero-order chi connectivity index (χ0) is 11.1. The molecule has 0 amide bonds. The zero-order valence-electron chi connectivity index (χ0n) is 8.71. The maximum absolute atomic E-state index is 5.53. The van der Waals surface area contributed by atoms with Gasteiger partial charge in [-0.1, -0.05) is 40.2 Å². The summed E-state index contributed by atoms with van der Waals surface area (Å²) in [6.45, 7) is 3.00. The van der Waals surface area contributed by atoms with E-state index in [0.29, 0.717) is 11.9 Å². The van der Waals surface area contributed by atoms with Crippen LogP contribution in [0, 0.1) is 0 Å². The molecule has 0 aliphatic rings. The molecule has 0 aliphatic carbocycles. The lowest BCUT2D eigenvalue weighted by Crippen LogP contribution is -2.18. The summed E-state index contributed by atoms with van der Waals surface area (Å²) >= 11 is 9.00. The summed E-state index contributed by atoms with van der Waals surface area (Å²) in [4.78, 5) is 0. The molecule has 1 nitrogen and oxygen atoms in total. The first-order valence-electron chi connectivity index (χ1n) is 4.94. The Hall–Kier alpha value is -0.310. The van der Waals surface area contributed by atoms with E-state index in [-0.39, 0.29) is 0 Å². The standard InChI is InChI=1S/C12H15BrClN/c1-10(15-8-3-2-7-14)11-5-4-6-12(13)9-11/h2-6,9-10,15H,7-8H2,1H3/b3-2+/t10-/m0/s1. The average Bonchev–Trinajstić information content (AvgIpc) is 2.24. The number of halogens is 2. The molecule has 1 N–H and O–H groups in total. The van der Waals surface area contributed by atoms with Crippen molar-refractivity contribution >= 4 is 27.5 Å². The second-order valence-electron chi connectivity index (χ2n) is 3.31. The SMILES string of the molecule is C[C@H](NC/C=C/CCl)c1cccc(Br)c1. The topological polar surface area (TPSA) is 12.0 Å². The number of hydrogen-bond donors (Lipinski definition) is 1. The summed E-state index contributed by atoms with van der Waals surface area (Å²) in [6.07, 6.45) is 3.99. The van der Waals surface area contributed by atoms with Crippen molar-refractivity contribution < 1.29 is 0 Å². The van der Waals surface area contributed by atoms with Gasteiger partial charge < -0.3 is 5.32 Å². The van der Waals surface area contributed by atoms with Gasteiger partial charge in [0.25, 0.3) is 0 Å². The van der Waals surface area contributed by atoms with Crippen molar-refractivity contribution in [3.05, 3.63) is 46.5 Å². The molecule has 1 aromatic rings. The van der Waals surface area contributed by atoms with Crippen molar-refractivity contribution in [3.8, 4) is 0 Å². The van der Waals surface area contributed by atoms with Gasteiger partial charge in [0.15, 0.2) is 0 Å². The second-order valence-corrected chi connectivity index (χ2v) is 4.53. The molecule has 0 spiro atoms. The van der Waals surface area contributed by atoms with E-state index in [1.165, 1.54) is 5.56 Å². The largest absolute Gasteiger partial charge is 0.307 e. The normalized spacial score (nSPS) is 13.3. The number of allylic oxidation sites excluding steroid dienone is 1. The van der Waals surface area contributed by atoms with Gasteiger partial charge in [0.1, 0.15) is 0 Å². The molecule has 0 saturated carbocycles. The molecule has 82 valence electrons. The van der Waals surface area contributed by atoms with Gasteiger partial charge in [-0.3, -0.25) is 0 Å². The Morgan fingerprint density at radius 3 is 2.93 bits per heavy atom. The van der Waals surface area contributed by atoms with Crippen molar-refractivity contribution in [1.29, 1.82) is 0 Å². The highest BCUT2D eigenvalue weighted by molar-refractivity contribution is 9.10. The molecule has 0 heterocycles. The summed E-state index contributed by atoms with van der Waals surface area (Å²) in [6, 6.07) is 8.68. The molecular weight excluding hydrogens is 273 g/mol. The Balaban J connectivity index is 2.46. The van der Waals surface area contributed by atoms with Gasteiger partial charge in [0.2, 0.25) is 0 Å². The van der Waals surface area contributed by atoms with Crippen LogP contribution >= 0.6 is 27.5 Å². The van der Waals surface area contributed by atoms with E-state index in [1.807, 2.05) is 24.3 Å². The molecular formula is C12H15BrClN. The molecule has 0 unspecified atom stereocenters. The van der Waals surface area contributed by atoms with Crippen LogP contribution in [-0.4, -0.2) is 12.4 Å². The molecule has 1 atom stereocenters. The van der Waals surface area contributed by atoms with Crippen molar-refractivity contribution in [3.63, 3.8) is 0 Å². The molecule has 0 fully saturated rings. The van der Waals surface area contributed by atoms with Crippen LogP contribution in [0.3, 0.4) is 0 Å². The van der Waals surface area contributed by atoms with Crippen LogP contribution in [0.4, 0.5) is 0 Å². The number of hydrogen-bond acceptors (Lipinski definition) is 1. The highest BCUT2D eigenvalue weighted by atomic mass is 79.9. The zero-order valence-corrected chi connectivity index (χ0v) is 11.1. The van der Waals surface area contributed by atoms with E-state index in [2.05, 4.69) is 40.3 Å². The lowest BCUT2D eigenvalue weighted by atomic mass is 10.1. The van der Waals surface area contributed by atoms with Crippen LogP contribution in [0.15, 0.2) is 40.9 Å². The Morgan fingerprint density at radius 2 is 2.27 bits per heavy atom. The molecule has 3 heteroatoms. The summed E-state index contributed by atoms with van der Waals surface area (Å²) < 4.78 is 1.12. The second kappa shape index (κ2) is 7.04. The first-order valence-corrected chi connectivity index (χ1v) is 6.26. The van der Waals surface area contributed by atoms with Gasteiger partial charge in [0, 0.05) is 22.9 Å². The van der Waals surface area contributed by atoms with Crippen LogP contribution < -0.4 is 5.32 Å². The number of rotatable bonds is 5. The summed E-state index contributed by atoms with van der Waals surface area (Å²) in [5.74, 6) is 0.576. The summed E-state index contributed by atoms with van der Waals surface area (Å²) in [7, 11) is 0. The fraction of sp³-hybridized carbons (Fsp3) is 0.333. The third kappa shape index (κ3) is 4.83. The number of benzene rings is 1. The third-order valence-corrected chi connectivity index (χ3v) is 2.82. The van der Waals surface area contributed by atoms with Crippen LogP contribution in [0.25, 0.3) is 0 Å². The highest BCUT2D eigenvalue weighted by Crippen LogP contribution is 2.17. The van der Waals surface area contributed by atoms with Crippen molar-refractivity contribution in [2.75, 3.05) is 12.4 Å². The fourth-order valence-electron chi connectivity index (χ4n) is 1.28. The van der Waals surface area contributed by atoms with Gasteiger partial charge in [-0.05, 0) is 24.6 Å². The third-order valence-electron chi connectivity index (χ3n) is 2.15. The van der Waals surface area contributed by atoms with E-state index in [9.17, 15) is 0 Å². The van der Waals surface area contributed by atoms with Crippen molar-refractivity contribution in [1.82, 2.24) is 5.32 Å². The minimum atomic E-state index is 0.350. The highest BCUT2D eigenvalue weighted by Gasteiger charge is 2.02. The van der Waals surface area contributed by atoms with E-state index in [0.717, 1.165) is 11.0 Å². The van der Waals surface area contributed by atoms with E-state index in [4.69, 9.17) is 11.6 Å². The van der Waals surface area contributed by atoms with E-state index in [1.54, 1.807) is 0 Å². The predicted molar refractivity (Wildman–Crippen MR) is 70.4 cm³/mol. The Kier molecular flexibility index (Phi) is 5.99. The molecule has 1 aromatic carbocycles. The molecule has 0 aromatic heterocycles. The van der Waals surface area contributed by atoms with Gasteiger partial charge >= 0.3 is 0 Å². The fourth-order valence-corrected chi connectivity index (χ4v) is 1.83. The molecule has 1 rings (SSSR count). The minimum Gasteiger partial charge on any atom is -0.307 e. The molecule has 0 radical (unpaired) electrons. The smallest absolute Gasteiger partial charge is 0.0404 e. The van der Waals surface area contributed by atoms with Crippen LogP contribution in [0.1, 0.15) is 18.5 Å². The lowest BCUT2D eigenvalue weighted by Gasteiger charge is -2.12. The van der Waals surface area contributed by atoms with Crippen molar-refractivity contribution in [2.24, 2.45) is 0 Å². The Bertz CT molecular complexity index is 325. The van der Waals surface area contributed by atoms with Crippen molar-refractivity contribution in [2.45, 2.75) is 13.0 Å². The minimum absolute atomic E-state index is 0.350. The molecule has 0 bridgehead atoms. The predicted octanol–water partition coefficient (Wildman–Crippen LogP) is 3.89. The van der Waals surface area contributed by atoms with Crippen LogP contribution in [0.5, 0.6) is 0 Å². The summed E-state index contributed by atoms with van der Waals surface area (Å²) in [5.41, 5.74) is 1.28. The van der Waals surface area contributed by atoms with E-state index >= 15 is 0 Å². The van der Waals surface area contributed by atoms with Crippen LogP contribution in [0.2, 0.25) is 0 Å². The first-order chi connectivity index (χ1) is 7.24. The monoisotopic (exact) mass is 287 g/mol. The molecule has 0 saturated heterocycles. The van der Waals surface area contributed by atoms with Gasteiger partial charge in [0.05, 0.1) is 0 Å². The van der Waals surface area contributed by atoms with Gasteiger partial charge in [-0.15, -0.1) is 11.6 Å². The Labute approximate surface area is 105 Å². The molecule has 0 aliphatic heterocycles. The number of alkyl halides is 1. The lowest BCUT2D eigenvalue weighted by molar-refractivity contribution is 0.617. The molecule has 15 heavy (non-hydrogen) atoms. The average molecular weight is 289 g/mol. The Morgan fingerprint density at radius 1 is 1.47 bits per heavy atom. The number of nitrogens with one attached hydrogen (secondary N) is 1. The quantitative estimate of drug-likeness (QED) is 0.640. The van der Waals surface area contributed by atoms with Crippen LogP contribution in [-0.2, 0) is 0 Å². The van der Waals surface area contributed by atoms with E-state index < -0.39 is 0 Å². The maximum Gasteiger partial charge on any atom is 0.0404 e. The van der Waals surface area contributed by atoms with Gasteiger partial charge in [-0.2, -0.15) is 0 Å². The summed E-state index contributed by atoms with van der Waals surface area (Å²) in [5, 5.41) is 3.39. The maximum atomic E-state index is 5.53. The first kappa shape index (κ1) is 12.8.